The molecule has 1 amide bonds. The largest absolute Gasteiger partial charge is 0.337 e. The zero-order chi connectivity index (χ0) is 17.3. The smallest absolute Gasteiger partial charge is 0.270 e. The third-order valence-electron chi connectivity index (χ3n) is 3.76. The summed E-state index contributed by atoms with van der Waals surface area (Å²) in [6.45, 7) is 2.26. The predicted molar refractivity (Wildman–Crippen MR) is 93.4 cm³/mol. The summed E-state index contributed by atoms with van der Waals surface area (Å²) < 4.78 is 1.40. The lowest BCUT2D eigenvalue weighted by atomic mass is 10.2. The van der Waals surface area contributed by atoms with E-state index in [1.165, 1.54) is 15.5 Å². The van der Waals surface area contributed by atoms with Gasteiger partial charge in [-0.3, -0.25) is 14.0 Å². The van der Waals surface area contributed by atoms with Crippen LogP contribution in [0.3, 0.4) is 0 Å². The van der Waals surface area contributed by atoms with Crippen LogP contribution < -0.4 is 5.56 Å². The summed E-state index contributed by atoms with van der Waals surface area (Å²) in [5.74, 6) is -0.363. The Hall–Kier alpha value is -2.66. The second-order valence-corrected chi connectivity index (χ2v) is 6.14. The summed E-state index contributed by atoms with van der Waals surface area (Å²) in [5, 5.41) is 0.639. The molecule has 0 bridgehead atoms. The molecule has 2 aromatic heterocycles. The van der Waals surface area contributed by atoms with Crippen molar-refractivity contribution < 1.29 is 4.79 Å². The summed E-state index contributed by atoms with van der Waals surface area (Å²) in [4.78, 5) is 30.9. The molecule has 0 aliphatic carbocycles. The van der Waals surface area contributed by atoms with Crippen LogP contribution in [0.25, 0.3) is 5.65 Å². The Morgan fingerprint density at radius 3 is 2.62 bits per heavy atom. The summed E-state index contributed by atoms with van der Waals surface area (Å²) in [6.07, 6.45) is 3.02. The number of nitrogens with zero attached hydrogens (tertiary/aromatic N) is 3. The van der Waals surface area contributed by atoms with Crippen LogP contribution in [0.5, 0.6) is 0 Å². The molecule has 122 valence electrons. The van der Waals surface area contributed by atoms with Gasteiger partial charge in [0.25, 0.3) is 11.5 Å². The lowest BCUT2D eigenvalue weighted by molar-refractivity contribution is 0.0782. The van der Waals surface area contributed by atoms with Gasteiger partial charge >= 0.3 is 0 Å². The van der Waals surface area contributed by atoms with Crippen molar-refractivity contribution >= 4 is 23.2 Å². The zero-order valence-corrected chi connectivity index (χ0v) is 14.1. The van der Waals surface area contributed by atoms with Crippen LogP contribution in [0, 0.1) is 6.92 Å². The molecule has 0 spiro atoms. The van der Waals surface area contributed by atoms with Crippen molar-refractivity contribution in [3.8, 4) is 0 Å². The molecule has 3 rings (SSSR count). The average molecular weight is 342 g/mol. The first-order valence-corrected chi connectivity index (χ1v) is 7.81. The van der Waals surface area contributed by atoms with Crippen LogP contribution in [0.2, 0.25) is 5.02 Å². The number of halogens is 1. The van der Waals surface area contributed by atoms with Crippen molar-refractivity contribution in [2.75, 3.05) is 7.05 Å². The maximum Gasteiger partial charge on any atom is 0.270 e. The van der Waals surface area contributed by atoms with E-state index in [0.717, 1.165) is 11.1 Å². The Balaban J connectivity index is 1.91. The van der Waals surface area contributed by atoms with Crippen molar-refractivity contribution in [1.82, 2.24) is 14.3 Å². The number of hydrogen-bond donors (Lipinski definition) is 0. The highest BCUT2D eigenvalue weighted by atomic mass is 35.5. The first kappa shape index (κ1) is 16.2. The molecule has 2 heterocycles. The fourth-order valence-corrected chi connectivity index (χ4v) is 2.60. The monoisotopic (exact) mass is 341 g/mol. The van der Waals surface area contributed by atoms with E-state index in [-0.39, 0.29) is 17.0 Å². The fourth-order valence-electron chi connectivity index (χ4n) is 2.47. The van der Waals surface area contributed by atoms with Gasteiger partial charge in [-0.15, -0.1) is 0 Å². The maximum atomic E-state index is 12.6. The molecule has 6 heteroatoms. The number of benzene rings is 1. The van der Waals surface area contributed by atoms with E-state index < -0.39 is 0 Å². The van der Waals surface area contributed by atoms with Gasteiger partial charge in [0.15, 0.2) is 0 Å². The summed E-state index contributed by atoms with van der Waals surface area (Å²) in [7, 11) is 1.65. The van der Waals surface area contributed by atoms with Gasteiger partial charge in [-0.05, 0) is 36.2 Å². The SMILES string of the molecule is Cc1ccc2ncc(C(=O)N(C)Cc3ccc(Cl)cc3)c(=O)n2c1. The molecule has 0 saturated carbocycles. The van der Waals surface area contributed by atoms with Gasteiger partial charge in [0, 0.05) is 31.0 Å². The van der Waals surface area contributed by atoms with Gasteiger partial charge in [0.2, 0.25) is 0 Å². The fraction of sp³-hybridized carbons (Fsp3) is 0.167. The first-order valence-electron chi connectivity index (χ1n) is 7.43. The van der Waals surface area contributed by atoms with Gasteiger partial charge in [-0.2, -0.15) is 0 Å². The Labute approximate surface area is 144 Å². The summed E-state index contributed by atoms with van der Waals surface area (Å²) >= 11 is 5.86. The summed E-state index contributed by atoms with van der Waals surface area (Å²) in [5.41, 5.74) is 2.05. The second kappa shape index (κ2) is 6.45. The van der Waals surface area contributed by atoms with Crippen molar-refractivity contribution in [1.29, 1.82) is 0 Å². The molecule has 0 aliphatic rings. The van der Waals surface area contributed by atoms with Crippen molar-refractivity contribution in [2.24, 2.45) is 0 Å². The Kier molecular flexibility index (Phi) is 4.36. The number of carbonyl (C=O) groups is 1. The zero-order valence-electron chi connectivity index (χ0n) is 13.4. The van der Waals surface area contributed by atoms with E-state index in [1.54, 1.807) is 31.4 Å². The van der Waals surface area contributed by atoms with E-state index in [0.29, 0.717) is 17.2 Å². The highest BCUT2D eigenvalue weighted by Crippen LogP contribution is 2.12. The minimum absolute atomic E-state index is 0.0505. The molecule has 0 saturated heterocycles. The number of aryl methyl sites for hydroxylation is 1. The third kappa shape index (κ3) is 3.16. The van der Waals surface area contributed by atoms with Crippen LogP contribution >= 0.6 is 11.6 Å². The van der Waals surface area contributed by atoms with E-state index in [4.69, 9.17) is 11.6 Å². The van der Waals surface area contributed by atoms with Crippen molar-refractivity contribution in [3.05, 3.63) is 80.9 Å². The summed E-state index contributed by atoms with van der Waals surface area (Å²) in [6, 6.07) is 10.9. The average Bonchev–Trinajstić information content (AvgIpc) is 2.57. The van der Waals surface area contributed by atoms with Crippen LogP contribution in [-0.4, -0.2) is 27.2 Å². The lowest BCUT2D eigenvalue weighted by Gasteiger charge is -2.17. The third-order valence-corrected chi connectivity index (χ3v) is 4.01. The van der Waals surface area contributed by atoms with Gasteiger partial charge < -0.3 is 4.90 Å². The predicted octanol–water partition coefficient (Wildman–Crippen LogP) is 2.93. The van der Waals surface area contributed by atoms with Crippen LogP contribution in [0.1, 0.15) is 21.5 Å². The van der Waals surface area contributed by atoms with Gasteiger partial charge in [0.1, 0.15) is 11.2 Å². The Morgan fingerprint density at radius 2 is 1.92 bits per heavy atom. The van der Waals surface area contributed by atoms with Gasteiger partial charge in [0.05, 0.1) is 0 Å². The van der Waals surface area contributed by atoms with Gasteiger partial charge in [-0.25, -0.2) is 4.98 Å². The van der Waals surface area contributed by atoms with Crippen molar-refractivity contribution in [3.63, 3.8) is 0 Å². The van der Waals surface area contributed by atoms with E-state index in [9.17, 15) is 9.59 Å². The molecule has 5 nitrogen and oxygen atoms in total. The molecule has 24 heavy (non-hydrogen) atoms. The van der Waals surface area contributed by atoms with Crippen LogP contribution in [0.15, 0.2) is 53.6 Å². The number of amides is 1. The topological polar surface area (TPSA) is 54.7 Å². The number of rotatable bonds is 3. The molecule has 0 N–H and O–H groups in total. The van der Waals surface area contributed by atoms with E-state index in [1.807, 2.05) is 25.1 Å². The maximum absolute atomic E-state index is 12.6. The highest BCUT2D eigenvalue weighted by molar-refractivity contribution is 6.30. The first-order chi connectivity index (χ1) is 11.5. The van der Waals surface area contributed by atoms with E-state index >= 15 is 0 Å². The number of hydrogen-bond acceptors (Lipinski definition) is 3. The van der Waals surface area contributed by atoms with Gasteiger partial charge in [-0.1, -0.05) is 29.8 Å². The molecule has 0 atom stereocenters. The number of aromatic nitrogens is 2. The quantitative estimate of drug-likeness (QED) is 0.736. The lowest BCUT2D eigenvalue weighted by Crippen LogP contribution is -2.33. The van der Waals surface area contributed by atoms with Crippen LogP contribution in [0.4, 0.5) is 0 Å². The molecule has 0 fully saturated rings. The van der Waals surface area contributed by atoms with Crippen molar-refractivity contribution in [2.45, 2.75) is 13.5 Å². The van der Waals surface area contributed by atoms with Crippen LogP contribution in [-0.2, 0) is 6.54 Å². The molecule has 3 aromatic rings. The molecule has 0 unspecified atom stereocenters. The minimum atomic E-state index is -0.364. The normalized spacial score (nSPS) is 10.8. The molecule has 1 aromatic carbocycles. The second-order valence-electron chi connectivity index (χ2n) is 5.70. The molecule has 0 aliphatic heterocycles. The Morgan fingerprint density at radius 1 is 1.21 bits per heavy atom. The minimum Gasteiger partial charge on any atom is -0.337 e. The molecular formula is C18H16ClN3O2. The molecule has 0 radical (unpaired) electrons. The van der Waals surface area contributed by atoms with E-state index in [2.05, 4.69) is 4.98 Å². The molecular weight excluding hydrogens is 326 g/mol. The number of pyridine rings is 1. The Bertz CT molecular complexity index is 964. The number of fused-ring (bicyclic) bond motifs is 1. The standard InChI is InChI=1S/C18H16ClN3O2/c1-12-3-8-16-20-9-15(18(24)22(16)10-12)17(23)21(2)11-13-4-6-14(19)7-5-13/h3-10H,11H2,1-2H3. The number of carbonyl (C=O) groups excluding carboxylic acids is 1. The highest BCUT2D eigenvalue weighted by Gasteiger charge is 2.17.